The van der Waals surface area contributed by atoms with Crippen molar-refractivity contribution in [1.82, 2.24) is 5.32 Å². The molecule has 0 bridgehead atoms. The number of thiol groups is 1. The topological polar surface area (TPSA) is 108 Å². The van der Waals surface area contributed by atoms with Crippen LogP contribution in [0.25, 0.3) is 5.70 Å². The van der Waals surface area contributed by atoms with E-state index in [1.165, 1.54) is 19.2 Å². The molecule has 0 amide bonds. The van der Waals surface area contributed by atoms with Crippen molar-refractivity contribution in [2.75, 3.05) is 6.61 Å². The Bertz CT molecular complexity index is 608. The average Bonchev–Trinajstić information content (AvgIpc) is 2.55. The molecule has 9 heteroatoms. The first-order valence-electron chi connectivity index (χ1n) is 7.24. The first-order chi connectivity index (χ1) is 11.3. The van der Waals surface area contributed by atoms with Gasteiger partial charge in [-0.1, -0.05) is 0 Å². The van der Waals surface area contributed by atoms with Gasteiger partial charge in [0.25, 0.3) is 0 Å². The largest absolute Gasteiger partial charge is 0.397 e. The summed E-state index contributed by atoms with van der Waals surface area (Å²) in [6.07, 6.45) is -2.05. The van der Waals surface area contributed by atoms with Gasteiger partial charge in [0.1, 0.15) is 23.7 Å². The van der Waals surface area contributed by atoms with Crippen molar-refractivity contribution in [2.45, 2.75) is 36.7 Å². The maximum atomic E-state index is 13.5. The van der Waals surface area contributed by atoms with Gasteiger partial charge in [0.05, 0.1) is 18.3 Å². The summed E-state index contributed by atoms with van der Waals surface area (Å²) < 4.78 is 31.9. The first kappa shape index (κ1) is 18.9. The molecule has 6 N–H and O–H groups in total. The number of aliphatic hydroxyl groups is 3. The van der Waals surface area contributed by atoms with E-state index in [1.807, 2.05) is 0 Å². The zero-order valence-corrected chi connectivity index (χ0v) is 13.8. The van der Waals surface area contributed by atoms with Crippen LogP contribution in [0.5, 0.6) is 0 Å². The highest BCUT2D eigenvalue weighted by Crippen LogP contribution is 2.24. The third kappa shape index (κ3) is 3.81. The van der Waals surface area contributed by atoms with E-state index >= 15 is 0 Å². The second-order valence-corrected chi connectivity index (χ2v) is 6.12. The minimum atomic E-state index is -1.22. The Morgan fingerprint density at radius 2 is 2.04 bits per heavy atom. The molecule has 1 aromatic carbocycles. The van der Waals surface area contributed by atoms with Gasteiger partial charge in [-0.3, -0.25) is 0 Å². The predicted molar refractivity (Wildman–Crippen MR) is 86.9 cm³/mol. The van der Waals surface area contributed by atoms with Crippen molar-refractivity contribution >= 4 is 18.3 Å². The summed E-state index contributed by atoms with van der Waals surface area (Å²) in [5, 5.41) is 32.1. The molecular weight excluding hydrogens is 342 g/mol. The van der Waals surface area contributed by atoms with Crippen molar-refractivity contribution in [1.29, 1.82) is 0 Å². The van der Waals surface area contributed by atoms with Gasteiger partial charge in [-0.15, -0.1) is 12.6 Å². The summed E-state index contributed by atoms with van der Waals surface area (Å²) in [4.78, 5) is 0. The third-order valence-electron chi connectivity index (χ3n) is 3.88. The van der Waals surface area contributed by atoms with E-state index in [-0.39, 0.29) is 16.8 Å². The third-order valence-corrected chi connectivity index (χ3v) is 4.31. The number of rotatable bonds is 4. The summed E-state index contributed by atoms with van der Waals surface area (Å²) in [5.41, 5.74) is 5.35. The number of nitrogens with one attached hydrogen (secondary N) is 1. The molecule has 0 spiro atoms. The van der Waals surface area contributed by atoms with Gasteiger partial charge in [-0.2, -0.15) is 0 Å². The number of hydrogen-bond donors (Lipinski definition) is 6. The highest BCUT2D eigenvalue weighted by molar-refractivity contribution is 7.80. The van der Waals surface area contributed by atoms with Gasteiger partial charge < -0.3 is 31.1 Å². The molecule has 0 saturated carbocycles. The Labute approximate surface area is 143 Å². The second kappa shape index (κ2) is 7.66. The van der Waals surface area contributed by atoms with Crippen LogP contribution in [0.1, 0.15) is 11.1 Å². The van der Waals surface area contributed by atoms with Gasteiger partial charge in [-0.25, -0.2) is 8.78 Å². The number of benzene rings is 1. The predicted octanol–water partition coefficient (Wildman–Crippen LogP) is -0.143. The van der Waals surface area contributed by atoms with E-state index in [0.29, 0.717) is 0 Å². The fourth-order valence-corrected chi connectivity index (χ4v) is 2.80. The molecule has 1 fully saturated rings. The Balaban J connectivity index is 2.19. The van der Waals surface area contributed by atoms with Crippen LogP contribution in [-0.4, -0.2) is 51.7 Å². The summed E-state index contributed by atoms with van der Waals surface area (Å²) in [5.74, 6) is -1.97. The van der Waals surface area contributed by atoms with Crippen LogP contribution in [0.15, 0.2) is 18.3 Å². The zero-order chi connectivity index (χ0) is 18.0. The molecule has 6 nitrogen and oxygen atoms in total. The van der Waals surface area contributed by atoms with Crippen molar-refractivity contribution in [3.8, 4) is 0 Å². The summed E-state index contributed by atoms with van der Waals surface area (Å²) >= 11 is 4.04. The Morgan fingerprint density at radius 1 is 1.38 bits per heavy atom. The molecular formula is C15H20F2N2O4S. The molecule has 2 rings (SSSR count). The van der Waals surface area contributed by atoms with Crippen molar-refractivity contribution in [2.24, 2.45) is 5.73 Å². The SMILES string of the molecule is Cc1cc(/C(N)=C/NC2C(O)C(S)OC(CO)C2O)cc(F)c1F. The Hall–Kier alpha value is -1.39. The Morgan fingerprint density at radius 3 is 2.62 bits per heavy atom. The molecule has 24 heavy (non-hydrogen) atoms. The highest BCUT2D eigenvalue weighted by atomic mass is 32.1. The number of aryl methyl sites for hydroxylation is 1. The van der Waals surface area contributed by atoms with E-state index in [9.17, 15) is 24.1 Å². The lowest BCUT2D eigenvalue weighted by molar-refractivity contribution is -0.164. The quantitative estimate of drug-likeness (QED) is 0.416. The van der Waals surface area contributed by atoms with Crippen molar-refractivity contribution in [3.63, 3.8) is 0 Å². The highest BCUT2D eigenvalue weighted by Gasteiger charge is 2.42. The smallest absolute Gasteiger partial charge is 0.161 e. The van der Waals surface area contributed by atoms with E-state index < -0.39 is 48.0 Å². The minimum absolute atomic E-state index is 0.0826. The van der Waals surface area contributed by atoms with Gasteiger partial charge in [0.15, 0.2) is 11.6 Å². The molecule has 134 valence electrons. The van der Waals surface area contributed by atoms with Crippen LogP contribution >= 0.6 is 12.6 Å². The fourth-order valence-electron chi connectivity index (χ4n) is 2.46. The van der Waals surface area contributed by atoms with Crippen molar-refractivity contribution in [3.05, 3.63) is 41.1 Å². The fraction of sp³-hybridized carbons (Fsp3) is 0.467. The summed E-state index contributed by atoms with van der Waals surface area (Å²) in [7, 11) is 0. The standard InChI is InChI=1S/C15H20F2N2O4S/c1-6-2-7(3-8(16)11(6)17)9(18)4-19-12-13(21)10(5-20)23-15(24)14(12)22/h2-4,10,12-15,19-22,24H,5,18H2,1H3/b9-4-. The zero-order valence-electron chi connectivity index (χ0n) is 12.9. The van der Waals surface area contributed by atoms with Gasteiger partial charge >= 0.3 is 0 Å². The van der Waals surface area contributed by atoms with Gasteiger partial charge in [0.2, 0.25) is 0 Å². The average molecular weight is 362 g/mol. The van der Waals surface area contributed by atoms with E-state index in [2.05, 4.69) is 17.9 Å². The molecule has 5 unspecified atom stereocenters. The minimum Gasteiger partial charge on any atom is -0.397 e. The lowest BCUT2D eigenvalue weighted by Crippen LogP contribution is -2.61. The molecule has 0 aromatic heterocycles. The number of nitrogens with two attached hydrogens (primary N) is 1. The van der Waals surface area contributed by atoms with Gasteiger partial charge in [0, 0.05) is 11.8 Å². The van der Waals surface area contributed by atoms with E-state index in [0.717, 1.165) is 6.07 Å². The monoisotopic (exact) mass is 362 g/mol. The maximum absolute atomic E-state index is 13.5. The van der Waals surface area contributed by atoms with E-state index in [1.54, 1.807) is 0 Å². The van der Waals surface area contributed by atoms with Crippen LogP contribution in [0.2, 0.25) is 0 Å². The van der Waals surface area contributed by atoms with E-state index in [4.69, 9.17) is 10.5 Å². The normalized spacial score (nSPS) is 31.1. The van der Waals surface area contributed by atoms with Crippen LogP contribution in [-0.2, 0) is 4.74 Å². The summed E-state index contributed by atoms with van der Waals surface area (Å²) in [6, 6.07) is 1.41. The lowest BCUT2D eigenvalue weighted by atomic mass is 9.97. The Kier molecular flexibility index (Phi) is 6.05. The molecule has 5 atom stereocenters. The molecule has 1 heterocycles. The molecule has 1 aliphatic heterocycles. The van der Waals surface area contributed by atoms with Crippen LogP contribution < -0.4 is 11.1 Å². The van der Waals surface area contributed by atoms with Crippen molar-refractivity contribution < 1.29 is 28.8 Å². The molecule has 1 aromatic rings. The number of halogens is 2. The summed E-state index contributed by atoms with van der Waals surface area (Å²) in [6.45, 7) is 0.955. The van der Waals surface area contributed by atoms with Crippen LogP contribution in [0.4, 0.5) is 8.78 Å². The maximum Gasteiger partial charge on any atom is 0.161 e. The molecule has 1 aliphatic rings. The van der Waals surface area contributed by atoms with Gasteiger partial charge in [-0.05, 0) is 24.6 Å². The number of hydrogen-bond acceptors (Lipinski definition) is 7. The second-order valence-electron chi connectivity index (χ2n) is 5.61. The molecule has 0 aliphatic carbocycles. The van der Waals surface area contributed by atoms with Crippen LogP contribution in [0.3, 0.4) is 0 Å². The number of aliphatic hydroxyl groups excluding tert-OH is 3. The first-order valence-corrected chi connectivity index (χ1v) is 7.76. The molecule has 0 radical (unpaired) electrons. The lowest BCUT2D eigenvalue weighted by Gasteiger charge is -2.40. The molecule has 1 saturated heterocycles. The van der Waals surface area contributed by atoms with Crippen LogP contribution in [0, 0.1) is 18.6 Å². The number of ether oxygens (including phenoxy) is 1.